The molecule has 0 bridgehead atoms. The molecule has 0 amide bonds. The Morgan fingerprint density at radius 3 is 2.39 bits per heavy atom. The largest absolute Gasteiger partial charge is 0.497 e. The summed E-state index contributed by atoms with van der Waals surface area (Å²) in [6.07, 6.45) is 7.20. The zero-order valence-corrected chi connectivity index (χ0v) is 21.0. The standard InChI is InChI=1S/C29H20FN5O2S/c1-37-24-14-10-20(11-15-24)27-21(18-34(33-27)23-5-3-2-4-6-23)17-25-28(36)35-29(38-25)31-26(32-35)16-9-19-7-12-22(30)13-8-19/h2-18H,1H3/b16-9+,25-17-. The molecule has 0 spiro atoms. The second-order valence-corrected chi connectivity index (χ2v) is 9.42. The van der Waals surface area contributed by atoms with Gasteiger partial charge in [-0.15, -0.1) is 5.10 Å². The van der Waals surface area contributed by atoms with Gasteiger partial charge < -0.3 is 4.74 Å². The first-order chi connectivity index (χ1) is 18.6. The van der Waals surface area contributed by atoms with Gasteiger partial charge in [0, 0.05) is 17.3 Å². The number of rotatable bonds is 6. The van der Waals surface area contributed by atoms with Crippen LogP contribution < -0.4 is 14.8 Å². The van der Waals surface area contributed by atoms with E-state index < -0.39 is 0 Å². The topological polar surface area (TPSA) is 74.3 Å². The van der Waals surface area contributed by atoms with Gasteiger partial charge in [-0.2, -0.15) is 14.6 Å². The van der Waals surface area contributed by atoms with E-state index in [1.807, 2.05) is 66.9 Å². The van der Waals surface area contributed by atoms with E-state index in [1.165, 1.54) is 28.0 Å². The summed E-state index contributed by atoms with van der Waals surface area (Å²) in [5.41, 5.74) is 3.88. The molecule has 0 aliphatic carbocycles. The Balaban J connectivity index is 1.40. The van der Waals surface area contributed by atoms with Crippen LogP contribution >= 0.6 is 11.3 Å². The molecule has 3 heterocycles. The predicted octanol–water partition coefficient (Wildman–Crippen LogP) is 4.87. The molecule has 6 aromatic rings. The number of para-hydroxylation sites is 1. The number of hydrogen-bond donors (Lipinski definition) is 0. The quantitative estimate of drug-likeness (QED) is 0.313. The van der Waals surface area contributed by atoms with Crippen LogP contribution in [0.3, 0.4) is 0 Å². The molecule has 0 radical (unpaired) electrons. The molecule has 3 aromatic carbocycles. The zero-order valence-electron chi connectivity index (χ0n) is 20.2. The highest BCUT2D eigenvalue weighted by molar-refractivity contribution is 7.15. The van der Waals surface area contributed by atoms with E-state index in [-0.39, 0.29) is 11.4 Å². The molecule has 7 nitrogen and oxygen atoms in total. The molecule has 9 heteroatoms. The van der Waals surface area contributed by atoms with Crippen LogP contribution in [0, 0.1) is 5.82 Å². The SMILES string of the molecule is COc1ccc(-c2nn(-c3ccccc3)cc2/C=c2\sc3nc(/C=C/c4ccc(F)cc4)nn3c2=O)cc1. The molecule has 6 rings (SSSR count). The number of thiazole rings is 1. The van der Waals surface area contributed by atoms with Crippen molar-refractivity contribution in [1.29, 1.82) is 0 Å². The summed E-state index contributed by atoms with van der Waals surface area (Å²) in [6, 6.07) is 23.5. The van der Waals surface area contributed by atoms with E-state index in [0.717, 1.165) is 33.8 Å². The van der Waals surface area contributed by atoms with Crippen LogP contribution in [-0.2, 0) is 0 Å². The fourth-order valence-electron chi connectivity index (χ4n) is 3.98. The third kappa shape index (κ3) is 4.62. The van der Waals surface area contributed by atoms with Crippen molar-refractivity contribution < 1.29 is 9.13 Å². The Morgan fingerprint density at radius 2 is 1.68 bits per heavy atom. The van der Waals surface area contributed by atoms with Gasteiger partial charge in [0.15, 0.2) is 5.82 Å². The minimum Gasteiger partial charge on any atom is -0.497 e. The molecule has 38 heavy (non-hydrogen) atoms. The fourth-order valence-corrected chi connectivity index (χ4v) is 4.89. The lowest BCUT2D eigenvalue weighted by molar-refractivity contribution is 0.415. The minimum absolute atomic E-state index is 0.257. The van der Waals surface area contributed by atoms with Crippen molar-refractivity contribution in [2.45, 2.75) is 0 Å². The van der Waals surface area contributed by atoms with Crippen LogP contribution in [0.4, 0.5) is 4.39 Å². The van der Waals surface area contributed by atoms with Crippen LogP contribution in [0.2, 0.25) is 0 Å². The Morgan fingerprint density at radius 1 is 0.921 bits per heavy atom. The Labute approximate surface area is 220 Å². The second kappa shape index (κ2) is 9.87. The fraction of sp³-hybridized carbons (Fsp3) is 0.0345. The summed E-state index contributed by atoms with van der Waals surface area (Å²) in [7, 11) is 1.62. The second-order valence-electron chi connectivity index (χ2n) is 8.41. The van der Waals surface area contributed by atoms with Gasteiger partial charge in [-0.3, -0.25) is 4.79 Å². The molecule has 0 aliphatic heterocycles. The minimum atomic E-state index is -0.299. The normalized spacial score (nSPS) is 12.1. The van der Waals surface area contributed by atoms with Gasteiger partial charge in [0.2, 0.25) is 4.96 Å². The van der Waals surface area contributed by atoms with Crippen molar-refractivity contribution in [1.82, 2.24) is 24.4 Å². The lowest BCUT2D eigenvalue weighted by atomic mass is 10.1. The van der Waals surface area contributed by atoms with E-state index in [1.54, 1.807) is 36.1 Å². The van der Waals surface area contributed by atoms with Gasteiger partial charge in [0.1, 0.15) is 17.3 Å². The molecule has 0 atom stereocenters. The maximum absolute atomic E-state index is 13.2. The summed E-state index contributed by atoms with van der Waals surface area (Å²) in [6.45, 7) is 0. The van der Waals surface area contributed by atoms with Crippen LogP contribution in [0.25, 0.3) is 40.1 Å². The predicted molar refractivity (Wildman–Crippen MR) is 147 cm³/mol. The third-order valence-corrected chi connectivity index (χ3v) is 6.87. The Kier molecular flexibility index (Phi) is 6.11. The van der Waals surface area contributed by atoms with Crippen molar-refractivity contribution in [3.05, 3.63) is 123 Å². The average Bonchev–Trinajstić information content (AvgIpc) is 3.64. The number of aromatic nitrogens is 5. The maximum Gasteiger partial charge on any atom is 0.291 e. The summed E-state index contributed by atoms with van der Waals surface area (Å²) in [5, 5.41) is 9.17. The third-order valence-electron chi connectivity index (χ3n) is 5.91. The molecule has 0 unspecified atom stereocenters. The lowest BCUT2D eigenvalue weighted by Gasteiger charge is -2.02. The summed E-state index contributed by atoms with van der Waals surface area (Å²) in [4.78, 5) is 18.2. The first-order valence-electron chi connectivity index (χ1n) is 11.7. The molecule has 0 aliphatic rings. The van der Waals surface area contributed by atoms with Crippen molar-refractivity contribution in [3.8, 4) is 22.7 Å². The van der Waals surface area contributed by atoms with Crippen molar-refractivity contribution in [2.24, 2.45) is 0 Å². The molecule has 0 saturated carbocycles. The number of halogens is 1. The summed E-state index contributed by atoms with van der Waals surface area (Å²) < 4.78 is 22.0. The molecular formula is C29H20FN5O2S. The van der Waals surface area contributed by atoms with Crippen molar-refractivity contribution in [2.75, 3.05) is 7.11 Å². The lowest BCUT2D eigenvalue weighted by Crippen LogP contribution is -2.23. The first kappa shape index (κ1) is 23.5. The van der Waals surface area contributed by atoms with Crippen LogP contribution in [-0.4, -0.2) is 31.5 Å². The monoisotopic (exact) mass is 521 g/mol. The molecule has 186 valence electrons. The number of nitrogens with zero attached hydrogens (tertiary/aromatic N) is 5. The van der Waals surface area contributed by atoms with Gasteiger partial charge in [-0.05, 0) is 66.2 Å². The molecule has 0 fully saturated rings. The highest BCUT2D eigenvalue weighted by atomic mass is 32.1. The van der Waals surface area contributed by atoms with Crippen molar-refractivity contribution >= 4 is 34.5 Å². The van der Waals surface area contributed by atoms with E-state index >= 15 is 0 Å². The first-order valence-corrected chi connectivity index (χ1v) is 12.5. The van der Waals surface area contributed by atoms with Gasteiger partial charge in [-0.1, -0.05) is 47.7 Å². The molecule has 0 N–H and O–H groups in total. The number of ether oxygens (including phenoxy) is 1. The zero-order chi connectivity index (χ0) is 26.1. The van der Waals surface area contributed by atoms with Gasteiger partial charge in [0.25, 0.3) is 5.56 Å². The maximum atomic E-state index is 13.2. The molecular weight excluding hydrogens is 501 g/mol. The average molecular weight is 522 g/mol. The summed E-state index contributed by atoms with van der Waals surface area (Å²) >= 11 is 1.26. The van der Waals surface area contributed by atoms with Crippen LogP contribution in [0.15, 0.2) is 89.9 Å². The number of fused-ring (bicyclic) bond motifs is 1. The summed E-state index contributed by atoms with van der Waals surface area (Å²) in [5.74, 6) is 0.852. The smallest absolute Gasteiger partial charge is 0.291 e. The van der Waals surface area contributed by atoms with Crippen LogP contribution in [0.1, 0.15) is 17.0 Å². The van der Waals surface area contributed by atoms with E-state index in [4.69, 9.17) is 9.84 Å². The van der Waals surface area contributed by atoms with E-state index in [9.17, 15) is 9.18 Å². The molecule has 0 saturated heterocycles. The Bertz CT molecular complexity index is 1870. The highest BCUT2D eigenvalue weighted by Gasteiger charge is 2.14. The number of hydrogen-bond acceptors (Lipinski definition) is 6. The van der Waals surface area contributed by atoms with Crippen molar-refractivity contribution in [3.63, 3.8) is 0 Å². The van der Waals surface area contributed by atoms with E-state index in [0.29, 0.717) is 15.3 Å². The Hall–Kier alpha value is -4.89. The van der Waals surface area contributed by atoms with Gasteiger partial charge >= 0.3 is 0 Å². The molecule has 3 aromatic heterocycles. The van der Waals surface area contributed by atoms with Gasteiger partial charge in [-0.25, -0.2) is 9.07 Å². The number of methoxy groups -OCH3 is 1. The van der Waals surface area contributed by atoms with Crippen LogP contribution in [0.5, 0.6) is 5.75 Å². The van der Waals surface area contributed by atoms with Gasteiger partial charge in [0.05, 0.1) is 17.3 Å². The highest BCUT2D eigenvalue weighted by Crippen LogP contribution is 2.26. The number of benzene rings is 3. The van der Waals surface area contributed by atoms with E-state index in [2.05, 4.69) is 10.1 Å².